The van der Waals surface area contributed by atoms with Gasteiger partial charge in [0.2, 0.25) is 0 Å². The predicted octanol–water partition coefficient (Wildman–Crippen LogP) is 2.43. The summed E-state index contributed by atoms with van der Waals surface area (Å²) >= 11 is 0. The van der Waals surface area contributed by atoms with Gasteiger partial charge in [-0.2, -0.15) is 0 Å². The van der Waals surface area contributed by atoms with E-state index >= 15 is 0 Å². The SMILES string of the molecule is CCOc1cc(CC)cc(C(C)=O)c1N. The summed E-state index contributed by atoms with van der Waals surface area (Å²) in [7, 11) is 0. The molecule has 3 nitrogen and oxygen atoms in total. The van der Waals surface area contributed by atoms with Crippen LogP contribution in [0.2, 0.25) is 0 Å². The monoisotopic (exact) mass is 207 g/mol. The molecule has 0 amide bonds. The zero-order valence-corrected chi connectivity index (χ0v) is 9.46. The number of hydrogen-bond donors (Lipinski definition) is 1. The Morgan fingerprint density at radius 2 is 2.07 bits per heavy atom. The quantitative estimate of drug-likeness (QED) is 0.609. The van der Waals surface area contributed by atoms with Crippen molar-refractivity contribution >= 4 is 11.5 Å². The molecule has 1 aromatic carbocycles. The predicted molar refractivity (Wildman–Crippen MR) is 61.4 cm³/mol. The van der Waals surface area contributed by atoms with Gasteiger partial charge in [0, 0.05) is 5.56 Å². The zero-order valence-electron chi connectivity index (χ0n) is 9.46. The van der Waals surface area contributed by atoms with E-state index < -0.39 is 0 Å². The first-order valence-electron chi connectivity index (χ1n) is 5.16. The molecule has 3 heteroatoms. The molecule has 0 aromatic heterocycles. The van der Waals surface area contributed by atoms with Crippen molar-refractivity contribution in [2.24, 2.45) is 0 Å². The standard InChI is InChI=1S/C12H17NO2/c1-4-9-6-10(8(3)14)12(13)11(7-9)15-5-2/h6-7H,4-5,13H2,1-3H3. The molecule has 0 saturated carbocycles. The largest absolute Gasteiger partial charge is 0.492 e. The average Bonchev–Trinajstić information content (AvgIpc) is 2.21. The maximum absolute atomic E-state index is 11.4. The minimum Gasteiger partial charge on any atom is -0.492 e. The summed E-state index contributed by atoms with van der Waals surface area (Å²) in [5, 5.41) is 0. The van der Waals surface area contributed by atoms with Crippen LogP contribution in [0, 0.1) is 0 Å². The van der Waals surface area contributed by atoms with Crippen LogP contribution in [-0.2, 0) is 6.42 Å². The number of ether oxygens (including phenoxy) is 1. The molecule has 0 aliphatic carbocycles. The molecular weight excluding hydrogens is 190 g/mol. The fourth-order valence-electron chi connectivity index (χ4n) is 1.45. The van der Waals surface area contributed by atoms with Gasteiger partial charge in [0.1, 0.15) is 5.75 Å². The van der Waals surface area contributed by atoms with Crippen LogP contribution < -0.4 is 10.5 Å². The first-order valence-corrected chi connectivity index (χ1v) is 5.16. The molecule has 0 unspecified atom stereocenters. The lowest BCUT2D eigenvalue weighted by atomic mass is 10.0. The summed E-state index contributed by atoms with van der Waals surface area (Å²) in [5.41, 5.74) is 7.91. The number of Topliss-reactive ketones (excluding diaryl/α,β-unsaturated/α-hetero) is 1. The summed E-state index contributed by atoms with van der Waals surface area (Å²) in [6.07, 6.45) is 0.862. The Hall–Kier alpha value is -1.51. The van der Waals surface area contributed by atoms with Crippen LogP contribution >= 0.6 is 0 Å². The number of hydrogen-bond acceptors (Lipinski definition) is 3. The Balaban J connectivity index is 3.26. The molecule has 0 radical (unpaired) electrons. The van der Waals surface area contributed by atoms with Gasteiger partial charge in [0.25, 0.3) is 0 Å². The number of carbonyl (C=O) groups excluding carboxylic acids is 1. The second-order valence-corrected chi connectivity index (χ2v) is 3.40. The molecule has 0 atom stereocenters. The van der Waals surface area contributed by atoms with Crippen LogP contribution in [-0.4, -0.2) is 12.4 Å². The van der Waals surface area contributed by atoms with Gasteiger partial charge in [0.15, 0.2) is 5.78 Å². The fourth-order valence-corrected chi connectivity index (χ4v) is 1.45. The topological polar surface area (TPSA) is 52.3 Å². The van der Waals surface area contributed by atoms with Crippen LogP contribution in [0.25, 0.3) is 0 Å². The van der Waals surface area contributed by atoms with Crippen molar-refractivity contribution in [3.63, 3.8) is 0 Å². The van der Waals surface area contributed by atoms with E-state index in [-0.39, 0.29) is 5.78 Å². The van der Waals surface area contributed by atoms with E-state index in [2.05, 4.69) is 0 Å². The molecule has 0 heterocycles. The molecule has 0 saturated heterocycles. The number of rotatable bonds is 4. The van der Waals surface area contributed by atoms with Gasteiger partial charge in [-0.05, 0) is 38.0 Å². The lowest BCUT2D eigenvalue weighted by Gasteiger charge is -2.12. The third-order valence-electron chi connectivity index (χ3n) is 2.29. The fraction of sp³-hybridized carbons (Fsp3) is 0.417. The van der Waals surface area contributed by atoms with Gasteiger partial charge in [-0.25, -0.2) is 0 Å². The second kappa shape index (κ2) is 4.82. The summed E-state index contributed by atoms with van der Waals surface area (Å²) in [6, 6.07) is 3.73. The van der Waals surface area contributed by atoms with Crippen LogP contribution in [0.4, 0.5) is 5.69 Å². The third kappa shape index (κ3) is 2.49. The van der Waals surface area contributed by atoms with Gasteiger partial charge in [-0.3, -0.25) is 4.79 Å². The minimum absolute atomic E-state index is 0.0243. The highest BCUT2D eigenvalue weighted by Gasteiger charge is 2.11. The third-order valence-corrected chi connectivity index (χ3v) is 2.29. The number of nitrogen functional groups attached to an aromatic ring is 1. The van der Waals surface area contributed by atoms with Crippen LogP contribution in [0.5, 0.6) is 5.75 Å². The van der Waals surface area contributed by atoms with E-state index in [1.165, 1.54) is 6.92 Å². The zero-order chi connectivity index (χ0) is 11.4. The van der Waals surface area contributed by atoms with E-state index in [0.29, 0.717) is 23.6 Å². The second-order valence-electron chi connectivity index (χ2n) is 3.40. The van der Waals surface area contributed by atoms with Gasteiger partial charge in [-0.15, -0.1) is 0 Å². The van der Waals surface area contributed by atoms with Crippen molar-refractivity contribution in [1.29, 1.82) is 0 Å². The van der Waals surface area contributed by atoms with E-state index in [1.807, 2.05) is 26.0 Å². The molecule has 2 N–H and O–H groups in total. The Labute approximate surface area is 90.2 Å². The Morgan fingerprint density at radius 1 is 1.40 bits per heavy atom. The highest BCUT2D eigenvalue weighted by molar-refractivity contribution is 6.00. The lowest BCUT2D eigenvalue weighted by molar-refractivity contribution is 0.101. The summed E-state index contributed by atoms with van der Waals surface area (Å²) in [4.78, 5) is 11.4. The summed E-state index contributed by atoms with van der Waals surface area (Å²) in [6.45, 7) is 5.99. The highest BCUT2D eigenvalue weighted by atomic mass is 16.5. The summed E-state index contributed by atoms with van der Waals surface area (Å²) < 4.78 is 5.39. The molecule has 0 spiro atoms. The van der Waals surface area contributed by atoms with E-state index in [0.717, 1.165) is 12.0 Å². The number of benzene rings is 1. The minimum atomic E-state index is -0.0243. The summed E-state index contributed by atoms with van der Waals surface area (Å²) in [5.74, 6) is 0.589. The normalized spacial score (nSPS) is 10.1. The van der Waals surface area contributed by atoms with Crippen molar-refractivity contribution in [1.82, 2.24) is 0 Å². The maximum Gasteiger partial charge on any atom is 0.162 e. The smallest absolute Gasteiger partial charge is 0.162 e. The van der Waals surface area contributed by atoms with Crippen LogP contribution in [0.15, 0.2) is 12.1 Å². The molecule has 0 aliphatic rings. The molecule has 0 fully saturated rings. The van der Waals surface area contributed by atoms with Gasteiger partial charge in [0.05, 0.1) is 12.3 Å². The first kappa shape index (κ1) is 11.6. The molecule has 1 aromatic rings. The molecule has 82 valence electrons. The molecule has 0 bridgehead atoms. The van der Waals surface area contributed by atoms with Crippen molar-refractivity contribution in [2.75, 3.05) is 12.3 Å². The van der Waals surface area contributed by atoms with E-state index in [9.17, 15) is 4.79 Å². The van der Waals surface area contributed by atoms with Gasteiger partial charge >= 0.3 is 0 Å². The molecule has 15 heavy (non-hydrogen) atoms. The van der Waals surface area contributed by atoms with E-state index in [1.54, 1.807) is 0 Å². The van der Waals surface area contributed by atoms with Crippen molar-refractivity contribution in [2.45, 2.75) is 27.2 Å². The maximum atomic E-state index is 11.4. The highest BCUT2D eigenvalue weighted by Crippen LogP contribution is 2.28. The Morgan fingerprint density at radius 3 is 2.53 bits per heavy atom. The average molecular weight is 207 g/mol. The number of anilines is 1. The number of carbonyl (C=O) groups is 1. The van der Waals surface area contributed by atoms with Crippen molar-refractivity contribution in [3.05, 3.63) is 23.3 Å². The lowest BCUT2D eigenvalue weighted by Crippen LogP contribution is -2.05. The number of ketones is 1. The van der Waals surface area contributed by atoms with Crippen LogP contribution in [0.1, 0.15) is 36.7 Å². The van der Waals surface area contributed by atoms with Gasteiger partial charge < -0.3 is 10.5 Å². The van der Waals surface area contributed by atoms with Crippen molar-refractivity contribution < 1.29 is 9.53 Å². The Bertz CT molecular complexity index is 372. The first-order chi connectivity index (χ1) is 7.10. The van der Waals surface area contributed by atoms with Gasteiger partial charge in [-0.1, -0.05) is 6.92 Å². The molecule has 1 rings (SSSR count). The van der Waals surface area contributed by atoms with Crippen molar-refractivity contribution in [3.8, 4) is 5.75 Å². The number of nitrogens with two attached hydrogens (primary N) is 1. The number of aryl methyl sites for hydroxylation is 1. The Kier molecular flexibility index (Phi) is 3.72. The molecule has 0 aliphatic heterocycles. The van der Waals surface area contributed by atoms with Crippen LogP contribution in [0.3, 0.4) is 0 Å². The van der Waals surface area contributed by atoms with E-state index in [4.69, 9.17) is 10.5 Å². The molecular formula is C12H17NO2.